The summed E-state index contributed by atoms with van der Waals surface area (Å²) in [5.41, 5.74) is 0. The minimum Gasteiger partial charge on any atom is -0.392 e. The molecule has 0 bridgehead atoms. The first-order chi connectivity index (χ1) is 8.90. The van der Waals surface area contributed by atoms with Crippen LogP contribution in [-0.4, -0.2) is 55.5 Å². The molecule has 7 heteroatoms. The first-order valence-corrected chi connectivity index (χ1v) is 6.47. The van der Waals surface area contributed by atoms with Crippen molar-refractivity contribution < 1.29 is 9.90 Å². The van der Waals surface area contributed by atoms with Gasteiger partial charge in [0.15, 0.2) is 0 Å². The fourth-order valence-corrected chi connectivity index (χ4v) is 1.76. The van der Waals surface area contributed by atoms with Gasteiger partial charge in [0.2, 0.25) is 0 Å². The SMILES string of the molecule is CC(O)CN(C(=O)NC(C)Cn1cncn1)C(C)C. The number of aliphatic hydroxyl groups excluding tert-OH is 1. The highest BCUT2D eigenvalue weighted by molar-refractivity contribution is 5.74. The van der Waals surface area contributed by atoms with Gasteiger partial charge in [-0.15, -0.1) is 0 Å². The number of rotatable bonds is 6. The lowest BCUT2D eigenvalue weighted by Gasteiger charge is -2.29. The molecule has 0 radical (unpaired) electrons. The summed E-state index contributed by atoms with van der Waals surface area (Å²) >= 11 is 0. The molecule has 7 nitrogen and oxygen atoms in total. The second-order valence-electron chi connectivity index (χ2n) is 5.06. The third-order valence-corrected chi connectivity index (χ3v) is 2.64. The molecular formula is C12H23N5O2. The number of aromatic nitrogens is 3. The van der Waals surface area contributed by atoms with Crippen LogP contribution in [-0.2, 0) is 6.54 Å². The molecule has 2 amide bonds. The number of urea groups is 1. The molecule has 2 atom stereocenters. The third kappa shape index (κ3) is 5.25. The van der Waals surface area contributed by atoms with Gasteiger partial charge in [-0.05, 0) is 27.7 Å². The van der Waals surface area contributed by atoms with Gasteiger partial charge in [0.05, 0.1) is 12.6 Å². The Kier molecular flexibility index (Phi) is 5.75. The highest BCUT2D eigenvalue weighted by Gasteiger charge is 2.20. The van der Waals surface area contributed by atoms with E-state index in [-0.39, 0.29) is 18.1 Å². The summed E-state index contributed by atoms with van der Waals surface area (Å²) in [6.07, 6.45) is 2.53. The summed E-state index contributed by atoms with van der Waals surface area (Å²) < 4.78 is 1.67. The Labute approximate surface area is 113 Å². The maximum absolute atomic E-state index is 12.1. The van der Waals surface area contributed by atoms with Crippen LogP contribution in [0.2, 0.25) is 0 Å². The van der Waals surface area contributed by atoms with Crippen LogP contribution >= 0.6 is 0 Å². The molecule has 0 saturated heterocycles. The number of hydrogen-bond donors (Lipinski definition) is 2. The normalized spacial score (nSPS) is 14.2. The maximum Gasteiger partial charge on any atom is 0.317 e. The summed E-state index contributed by atoms with van der Waals surface area (Å²) in [6, 6.07) is -0.207. The number of hydrogen-bond acceptors (Lipinski definition) is 4. The molecule has 0 aliphatic heterocycles. The highest BCUT2D eigenvalue weighted by Crippen LogP contribution is 2.02. The molecule has 0 spiro atoms. The van der Waals surface area contributed by atoms with Crippen LogP contribution in [0.1, 0.15) is 27.7 Å². The van der Waals surface area contributed by atoms with Crippen molar-refractivity contribution in [3.8, 4) is 0 Å². The van der Waals surface area contributed by atoms with Crippen LogP contribution in [0.25, 0.3) is 0 Å². The molecule has 108 valence electrons. The van der Waals surface area contributed by atoms with Crippen molar-refractivity contribution in [2.45, 2.75) is 52.4 Å². The van der Waals surface area contributed by atoms with Gasteiger partial charge in [0.1, 0.15) is 12.7 Å². The van der Waals surface area contributed by atoms with E-state index in [2.05, 4.69) is 15.4 Å². The molecule has 0 aliphatic carbocycles. The quantitative estimate of drug-likeness (QED) is 0.786. The van der Waals surface area contributed by atoms with E-state index in [1.54, 1.807) is 22.8 Å². The minimum absolute atomic E-state index is 0.0353. The predicted octanol–water partition coefficient (Wildman–Crippen LogP) is 0.467. The lowest BCUT2D eigenvalue weighted by molar-refractivity contribution is 0.117. The van der Waals surface area contributed by atoms with Gasteiger partial charge in [-0.1, -0.05) is 0 Å². The van der Waals surface area contributed by atoms with E-state index in [1.165, 1.54) is 6.33 Å². The summed E-state index contributed by atoms with van der Waals surface area (Å²) in [7, 11) is 0. The van der Waals surface area contributed by atoms with Crippen molar-refractivity contribution in [2.75, 3.05) is 6.54 Å². The lowest BCUT2D eigenvalue weighted by atomic mass is 10.2. The second-order valence-corrected chi connectivity index (χ2v) is 5.06. The Balaban J connectivity index is 2.51. The smallest absolute Gasteiger partial charge is 0.317 e. The predicted molar refractivity (Wildman–Crippen MR) is 71.5 cm³/mol. The van der Waals surface area contributed by atoms with E-state index in [4.69, 9.17) is 0 Å². The van der Waals surface area contributed by atoms with Crippen molar-refractivity contribution in [3.63, 3.8) is 0 Å². The molecule has 19 heavy (non-hydrogen) atoms. The van der Waals surface area contributed by atoms with E-state index in [0.717, 1.165) is 0 Å². The van der Waals surface area contributed by atoms with E-state index < -0.39 is 6.10 Å². The minimum atomic E-state index is -0.543. The monoisotopic (exact) mass is 269 g/mol. The Morgan fingerprint density at radius 1 is 1.42 bits per heavy atom. The number of nitrogens with one attached hydrogen (secondary N) is 1. The van der Waals surface area contributed by atoms with Crippen molar-refractivity contribution in [1.29, 1.82) is 0 Å². The van der Waals surface area contributed by atoms with E-state index in [9.17, 15) is 9.90 Å². The standard InChI is InChI=1S/C12H23N5O2/c1-9(2)17(6-11(4)18)12(19)15-10(3)5-16-8-13-7-14-16/h7-11,18H,5-6H2,1-4H3,(H,15,19). The molecule has 1 aromatic rings. The van der Waals surface area contributed by atoms with Gasteiger partial charge in [-0.2, -0.15) is 5.10 Å². The largest absolute Gasteiger partial charge is 0.392 e. The summed E-state index contributed by atoms with van der Waals surface area (Å²) in [6.45, 7) is 8.29. The van der Waals surface area contributed by atoms with Gasteiger partial charge in [0, 0.05) is 18.6 Å². The van der Waals surface area contributed by atoms with Crippen LogP contribution < -0.4 is 5.32 Å². The maximum atomic E-state index is 12.1. The number of amides is 2. The van der Waals surface area contributed by atoms with E-state index in [0.29, 0.717) is 13.1 Å². The van der Waals surface area contributed by atoms with Gasteiger partial charge >= 0.3 is 6.03 Å². The zero-order chi connectivity index (χ0) is 14.4. The Bertz CT molecular complexity index is 377. The molecule has 2 unspecified atom stereocenters. The molecule has 0 aliphatic rings. The summed E-state index contributed by atoms with van der Waals surface area (Å²) in [4.78, 5) is 17.6. The Hall–Kier alpha value is -1.63. The molecule has 2 N–H and O–H groups in total. The molecule has 0 saturated carbocycles. The average molecular weight is 269 g/mol. The highest BCUT2D eigenvalue weighted by atomic mass is 16.3. The lowest BCUT2D eigenvalue weighted by Crippen LogP contribution is -2.50. The van der Waals surface area contributed by atoms with Gasteiger partial charge < -0.3 is 15.3 Å². The van der Waals surface area contributed by atoms with Gasteiger partial charge in [0.25, 0.3) is 0 Å². The third-order valence-electron chi connectivity index (χ3n) is 2.64. The Morgan fingerprint density at radius 3 is 2.58 bits per heavy atom. The molecule has 1 rings (SSSR count). The van der Waals surface area contributed by atoms with Gasteiger partial charge in [-0.3, -0.25) is 4.68 Å². The molecular weight excluding hydrogens is 246 g/mol. The fourth-order valence-electron chi connectivity index (χ4n) is 1.76. The second kappa shape index (κ2) is 7.08. The van der Waals surface area contributed by atoms with Crippen LogP contribution in [0, 0.1) is 0 Å². The number of aliphatic hydroxyl groups is 1. The fraction of sp³-hybridized carbons (Fsp3) is 0.750. The Morgan fingerprint density at radius 2 is 2.11 bits per heavy atom. The molecule has 1 aromatic heterocycles. The van der Waals surface area contributed by atoms with Crippen molar-refractivity contribution in [3.05, 3.63) is 12.7 Å². The molecule has 0 fully saturated rings. The van der Waals surface area contributed by atoms with Gasteiger partial charge in [-0.25, -0.2) is 9.78 Å². The van der Waals surface area contributed by atoms with Crippen LogP contribution in [0.3, 0.4) is 0 Å². The first-order valence-electron chi connectivity index (χ1n) is 6.47. The summed E-state index contributed by atoms with van der Waals surface area (Å²) in [5, 5.41) is 16.3. The van der Waals surface area contributed by atoms with Crippen LogP contribution in [0.15, 0.2) is 12.7 Å². The van der Waals surface area contributed by atoms with Crippen molar-refractivity contribution in [1.82, 2.24) is 25.0 Å². The van der Waals surface area contributed by atoms with Crippen molar-refractivity contribution >= 4 is 6.03 Å². The molecule has 1 heterocycles. The topological polar surface area (TPSA) is 83.3 Å². The number of nitrogens with zero attached hydrogens (tertiary/aromatic N) is 4. The van der Waals surface area contributed by atoms with E-state index in [1.807, 2.05) is 20.8 Å². The van der Waals surface area contributed by atoms with Crippen LogP contribution in [0.5, 0.6) is 0 Å². The van der Waals surface area contributed by atoms with E-state index >= 15 is 0 Å². The number of carbonyl (C=O) groups is 1. The zero-order valence-electron chi connectivity index (χ0n) is 11.9. The zero-order valence-corrected chi connectivity index (χ0v) is 11.9. The van der Waals surface area contributed by atoms with Crippen LogP contribution in [0.4, 0.5) is 4.79 Å². The first kappa shape index (κ1) is 15.4. The van der Waals surface area contributed by atoms with Crippen molar-refractivity contribution in [2.24, 2.45) is 0 Å². The average Bonchev–Trinajstić information content (AvgIpc) is 2.77. The molecule has 0 aromatic carbocycles. The summed E-state index contributed by atoms with van der Waals surface area (Å²) in [5.74, 6) is 0. The number of carbonyl (C=O) groups excluding carboxylic acids is 1.